The van der Waals surface area contributed by atoms with Gasteiger partial charge in [0.15, 0.2) is 5.82 Å². The summed E-state index contributed by atoms with van der Waals surface area (Å²) in [6, 6.07) is 7.99. The molecule has 2 amide bonds. The Morgan fingerprint density at radius 3 is 2.61 bits per heavy atom. The summed E-state index contributed by atoms with van der Waals surface area (Å²) in [6.07, 6.45) is 6.19. The average molecular weight is 470 g/mol. The number of nitrogens with one attached hydrogen (secondary N) is 1. The maximum atomic E-state index is 12.8. The molecule has 2 aromatic rings. The molecule has 3 fully saturated rings. The lowest BCUT2D eigenvalue weighted by atomic mass is 9.92. The van der Waals surface area contributed by atoms with Crippen LogP contribution in [-0.4, -0.2) is 72.3 Å². The smallest absolute Gasteiger partial charge is 0.261 e. The van der Waals surface area contributed by atoms with Gasteiger partial charge in [-0.15, -0.1) is 16.4 Å². The number of carbonyl (C=O) groups excluding carboxylic acids is 2. The van der Waals surface area contributed by atoms with Crippen LogP contribution >= 0.6 is 11.3 Å². The van der Waals surface area contributed by atoms with E-state index in [9.17, 15) is 9.59 Å². The Labute approximate surface area is 198 Å². The van der Waals surface area contributed by atoms with Crippen molar-refractivity contribution in [3.8, 4) is 0 Å². The zero-order valence-corrected chi connectivity index (χ0v) is 19.6. The molecule has 8 nitrogen and oxygen atoms in total. The minimum absolute atomic E-state index is 0.00405. The lowest BCUT2D eigenvalue weighted by Crippen LogP contribution is -2.42. The number of thiophene rings is 1. The Kier molecular flexibility index (Phi) is 6.87. The van der Waals surface area contributed by atoms with E-state index in [1.807, 2.05) is 23.1 Å². The van der Waals surface area contributed by atoms with Gasteiger partial charge in [-0.25, -0.2) is 0 Å². The number of amides is 2. The molecule has 0 aliphatic carbocycles. The fourth-order valence-electron chi connectivity index (χ4n) is 5.09. The van der Waals surface area contributed by atoms with Gasteiger partial charge in [-0.2, -0.15) is 5.10 Å². The standard InChI is InChI=1S/C24H31N5O3S/c30-23(26-19-7-13-29(16-19)22-2-1-10-25-27-22)21-4-3-20(33-21)17-5-11-28(12-6-17)24(31)18-8-14-32-15-9-18/h1-4,10,17-19H,5-9,11-16H2,(H,26,30). The molecule has 1 N–H and O–H groups in total. The van der Waals surface area contributed by atoms with Gasteiger partial charge in [0.2, 0.25) is 5.91 Å². The van der Waals surface area contributed by atoms with Crippen molar-refractivity contribution in [2.45, 2.75) is 44.1 Å². The average Bonchev–Trinajstić information content (AvgIpc) is 3.55. The predicted molar refractivity (Wildman–Crippen MR) is 127 cm³/mol. The van der Waals surface area contributed by atoms with Crippen molar-refractivity contribution in [3.63, 3.8) is 0 Å². The van der Waals surface area contributed by atoms with Gasteiger partial charge in [0.1, 0.15) is 0 Å². The lowest BCUT2D eigenvalue weighted by molar-refractivity contribution is -0.139. The van der Waals surface area contributed by atoms with Crippen LogP contribution in [0, 0.1) is 5.92 Å². The molecule has 2 aromatic heterocycles. The van der Waals surface area contributed by atoms with E-state index in [0.717, 1.165) is 69.0 Å². The van der Waals surface area contributed by atoms with Gasteiger partial charge in [-0.3, -0.25) is 9.59 Å². The second kappa shape index (κ2) is 10.2. The fourth-order valence-corrected chi connectivity index (χ4v) is 6.17. The van der Waals surface area contributed by atoms with E-state index in [-0.39, 0.29) is 17.9 Å². The second-order valence-corrected chi connectivity index (χ2v) is 10.3. The third-order valence-corrected chi connectivity index (χ3v) is 8.28. The van der Waals surface area contributed by atoms with Crippen molar-refractivity contribution in [2.24, 2.45) is 5.92 Å². The van der Waals surface area contributed by atoms with Gasteiger partial charge in [0, 0.05) is 62.4 Å². The molecule has 0 aromatic carbocycles. The quantitative estimate of drug-likeness (QED) is 0.725. The van der Waals surface area contributed by atoms with Crippen LogP contribution in [0.1, 0.15) is 52.6 Å². The molecule has 3 aliphatic rings. The largest absolute Gasteiger partial charge is 0.381 e. The minimum Gasteiger partial charge on any atom is -0.381 e. The van der Waals surface area contributed by atoms with Crippen LogP contribution in [0.4, 0.5) is 5.82 Å². The molecular formula is C24H31N5O3S. The van der Waals surface area contributed by atoms with Gasteiger partial charge in [0.25, 0.3) is 5.91 Å². The molecule has 0 spiro atoms. The van der Waals surface area contributed by atoms with Crippen LogP contribution in [0.25, 0.3) is 0 Å². The molecule has 9 heteroatoms. The molecule has 0 radical (unpaired) electrons. The molecule has 5 heterocycles. The summed E-state index contributed by atoms with van der Waals surface area (Å²) in [6.45, 7) is 4.63. The number of hydrogen-bond acceptors (Lipinski definition) is 7. The number of piperidine rings is 1. The molecule has 1 atom stereocenters. The summed E-state index contributed by atoms with van der Waals surface area (Å²) < 4.78 is 5.39. The van der Waals surface area contributed by atoms with Crippen molar-refractivity contribution in [1.29, 1.82) is 0 Å². The Morgan fingerprint density at radius 2 is 1.85 bits per heavy atom. The zero-order chi connectivity index (χ0) is 22.6. The SMILES string of the molecule is O=C(NC1CCN(c2cccnn2)C1)c1ccc(C2CCN(C(=O)C3CCOCC3)CC2)s1. The molecule has 5 rings (SSSR count). The Bertz CT molecular complexity index is 954. The van der Waals surface area contributed by atoms with Crippen LogP contribution in [0.15, 0.2) is 30.5 Å². The summed E-state index contributed by atoms with van der Waals surface area (Å²) in [4.78, 5) is 31.8. The molecule has 0 bridgehead atoms. The van der Waals surface area contributed by atoms with E-state index in [1.165, 1.54) is 4.88 Å². The number of anilines is 1. The molecule has 3 aliphatic heterocycles. The third-order valence-electron chi connectivity index (χ3n) is 7.04. The van der Waals surface area contributed by atoms with Crippen molar-refractivity contribution < 1.29 is 14.3 Å². The Hall–Kier alpha value is -2.52. The monoisotopic (exact) mass is 469 g/mol. The summed E-state index contributed by atoms with van der Waals surface area (Å²) >= 11 is 1.60. The highest BCUT2D eigenvalue weighted by Crippen LogP contribution is 2.34. The van der Waals surface area contributed by atoms with E-state index in [1.54, 1.807) is 17.5 Å². The van der Waals surface area contributed by atoms with E-state index in [2.05, 4.69) is 26.5 Å². The molecule has 1 unspecified atom stereocenters. The summed E-state index contributed by atoms with van der Waals surface area (Å²) in [5, 5.41) is 11.3. The van der Waals surface area contributed by atoms with Gasteiger partial charge in [-0.1, -0.05) is 0 Å². The highest BCUT2D eigenvalue weighted by Gasteiger charge is 2.31. The van der Waals surface area contributed by atoms with E-state index in [0.29, 0.717) is 25.0 Å². The number of rotatable bonds is 5. The first-order valence-electron chi connectivity index (χ1n) is 12.0. The highest BCUT2D eigenvalue weighted by molar-refractivity contribution is 7.14. The van der Waals surface area contributed by atoms with Gasteiger partial charge >= 0.3 is 0 Å². The van der Waals surface area contributed by atoms with Crippen LogP contribution < -0.4 is 10.2 Å². The number of likely N-dealkylation sites (tertiary alicyclic amines) is 1. The second-order valence-electron chi connectivity index (χ2n) is 9.18. The van der Waals surface area contributed by atoms with Crippen LogP contribution in [0.2, 0.25) is 0 Å². The molecular weight excluding hydrogens is 438 g/mol. The normalized spacial score (nSPS) is 22.5. The van der Waals surface area contributed by atoms with Crippen molar-refractivity contribution in [3.05, 3.63) is 40.2 Å². The predicted octanol–water partition coefficient (Wildman–Crippen LogP) is 2.68. The molecule has 176 valence electrons. The van der Waals surface area contributed by atoms with Crippen LogP contribution in [0.3, 0.4) is 0 Å². The first-order chi connectivity index (χ1) is 16.2. The fraction of sp³-hybridized carbons (Fsp3) is 0.583. The first-order valence-corrected chi connectivity index (χ1v) is 12.8. The topological polar surface area (TPSA) is 87.7 Å². The summed E-state index contributed by atoms with van der Waals surface area (Å²) in [5.41, 5.74) is 0. The van der Waals surface area contributed by atoms with E-state index < -0.39 is 0 Å². The maximum absolute atomic E-state index is 12.8. The molecule has 0 saturated carbocycles. The van der Waals surface area contributed by atoms with Crippen LogP contribution in [-0.2, 0) is 9.53 Å². The van der Waals surface area contributed by atoms with Crippen molar-refractivity contribution in [1.82, 2.24) is 20.4 Å². The number of nitrogens with zero attached hydrogens (tertiary/aromatic N) is 4. The number of hydrogen-bond donors (Lipinski definition) is 1. The highest BCUT2D eigenvalue weighted by atomic mass is 32.1. The molecule has 33 heavy (non-hydrogen) atoms. The minimum atomic E-state index is 0.00405. The van der Waals surface area contributed by atoms with Crippen molar-refractivity contribution >= 4 is 29.0 Å². The zero-order valence-electron chi connectivity index (χ0n) is 18.8. The Morgan fingerprint density at radius 1 is 1.03 bits per heavy atom. The van der Waals surface area contributed by atoms with E-state index >= 15 is 0 Å². The molecule has 3 saturated heterocycles. The lowest BCUT2D eigenvalue weighted by Gasteiger charge is -2.35. The van der Waals surface area contributed by atoms with Crippen LogP contribution in [0.5, 0.6) is 0 Å². The van der Waals surface area contributed by atoms with Gasteiger partial charge in [-0.05, 0) is 62.3 Å². The maximum Gasteiger partial charge on any atom is 0.261 e. The number of carbonyl (C=O) groups is 2. The Balaban J connectivity index is 1.11. The van der Waals surface area contributed by atoms with Crippen molar-refractivity contribution in [2.75, 3.05) is 44.3 Å². The number of ether oxygens (including phenoxy) is 1. The summed E-state index contributed by atoms with van der Waals surface area (Å²) in [7, 11) is 0. The van der Waals surface area contributed by atoms with Gasteiger partial charge in [0.05, 0.1) is 4.88 Å². The number of aromatic nitrogens is 2. The summed E-state index contributed by atoms with van der Waals surface area (Å²) in [5.74, 6) is 1.72. The third kappa shape index (κ3) is 5.19. The van der Waals surface area contributed by atoms with Gasteiger partial charge < -0.3 is 19.9 Å². The first kappa shape index (κ1) is 22.3. The van der Waals surface area contributed by atoms with E-state index in [4.69, 9.17) is 4.74 Å².